The Bertz CT molecular complexity index is 478. The van der Waals surface area contributed by atoms with Gasteiger partial charge in [0, 0.05) is 12.2 Å². The fraction of sp³-hybridized carbons (Fsp3) is 0.500. The predicted molar refractivity (Wildman–Crippen MR) is 65.1 cm³/mol. The van der Waals surface area contributed by atoms with Gasteiger partial charge in [-0.05, 0) is 24.9 Å². The first-order valence-electron chi connectivity index (χ1n) is 5.40. The topological polar surface area (TPSA) is 60.2 Å². The molecule has 3 atom stereocenters. The summed E-state index contributed by atoms with van der Waals surface area (Å²) < 4.78 is 23.1. The number of nitrogens with two attached hydrogens (primary N) is 1. The van der Waals surface area contributed by atoms with Crippen LogP contribution in [0.3, 0.4) is 0 Å². The van der Waals surface area contributed by atoms with Crippen LogP contribution in [0, 0.1) is 12.8 Å². The molecule has 0 unspecified atom stereocenters. The molecule has 3 nitrogen and oxygen atoms in total. The fourth-order valence-electron chi connectivity index (χ4n) is 2.43. The Hall–Kier alpha value is -0.870. The maximum Gasteiger partial charge on any atom is 0.151 e. The number of sulfone groups is 1. The normalized spacial score (nSPS) is 29.1. The number of hydrogen-bond acceptors (Lipinski definition) is 3. The van der Waals surface area contributed by atoms with Crippen LogP contribution in [0.2, 0.25) is 0 Å². The van der Waals surface area contributed by atoms with Crippen molar-refractivity contribution in [3.63, 3.8) is 0 Å². The lowest BCUT2D eigenvalue weighted by Gasteiger charge is -2.00. The second-order valence-corrected chi connectivity index (χ2v) is 6.83. The van der Waals surface area contributed by atoms with Crippen molar-refractivity contribution < 1.29 is 8.42 Å². The van der Waals surface area contributed by atoms with Crippen LogP contribution >= 0.6 is 0 Å². The highest BCUT2D eigenvalue weighted by molar-refractivity contribution is 7.91. The van der Waals surface area contributed by atoms with Gasteiger partial charge in [0.15, 0.2) is 9.84 Å². The van der Waals surface area contributed by atoms with Crippen molar-refractivity contribution in [2.45, 2.75) is 18.1 Å². The van der Waals surface area contributed by atoms with Gasteiger partial charge in [-0.25, -0.2) is 8.42 Å². The molecule has 0 amide bonds. The van der Waals surface area contributed by atoms with E-state index in [-0.39, 0.29) is 17.1 Å². The molecular weight excluding hydrogens is 222 g/mol. The Morgan fingerprint density at radius 1 is 1.25 bits per heavy atom. The largest absolute Gasteiger partial charge is 0.330 e. The molecule has 1 aromatic carbocycles. The van der Waals surface area contributed by atoms with E-state index >= 15 is 0 Å². The predicted octanol–water partition coefficient (Wildman–Crippen LogP) is 1.08. The molecule has 2 N–H and O–H groups in total. The molecule has 0 heterocycles. The average molecular weight is 239 g/mol. The standard InChI is InChI=1S/C12H17NO2S/c1-8-3-5-9(6-4-8)11-10(7-13)12(11)16(2,14)15/h3-6,10-12H,7,13H2,1-2H3/t10-,11+,12+/m0/s1. The van der Waals surface area contributed by atoms with E-state index in [4.69, 9.17) is 5.73 Å². The average Bonchev–Trinajstić information content (AvgIpc) is 2.92. The van der Waals surface area contributed by atoms with Crippen molar-refractivity contribution in [3.05, 3.63) is 35.4 Å². The van der Waals surface area contributed by atoms with E-state index in [1.807, 2.05) is 31.2 Å². The minimum absolute atomic E-state index is 0.0951. The van der Waals surface area contributed by atoms with Gasteiger partial charge in [-0.2, -0.15) is 0 Å². The van der Waals surface area contributed by atoms with Gasteiger partial charge in [0.2, 0.25) is 0 Å². The highest BCUT2D eigenvalue weighted by Gasteiger charge is 2.55. The van der Waals surface area contributed by atoms with Gasteiger partial charge >= 0.3 is 0 Å². The van der Waals surface area contributed by atoms with Crippen LogP contribution in [0.4, 0.5) is 0 Å². The van der Waals surface area contributed by atoms with Crippen LogP contribution in [-0.2, 0) is 9.84 Å². The second kappa shape index (κ2) is 3.86. The molecule has 1 aromatic rings. The third-order valence-corrected chi connectivity index (χ3v) is 4.96. The van der Waals surface area contributed by atoms with E-state index in [0.29, 0.717) is 6.54 Å². The molecule has 88 valence electrons. The monoisotopic (exact) mass is 239 g/mol. The van der Waals surface area contributed by atoms with Gasteiger partial charge in [0.05, 0.1) is 5.25 Å². The van der Waals surface area contributed by atoms with E-state index in [1.54, 1.807) is 0 Å². The van der Waals surface area contributed by atoms with Crippen molar-refractivity contribution in [1.29, 1.82) is 0 Å². The summed E-state index contributed by atoms with van der Waals surface area (Å²) in [6, 6.07) is 8.04. The minimum atomic E-state index is -2.98. The minimum Gasteiger partial charge on any atom is -0.330 e. The summed E-state index contributed by atoms with van der Waals surface area (Å²) in [4.78, 5) is 0. The van der Waals surface area contributed by atoms with Crippen LogP contribution in [0.1, 0.15) is 17.0 Å². The summed E-state index contributed by atoms with van der Waals surface area (Å²) >= 11 is 0. The molecule has 16 heavy (non-hydrogen) atoms. The van der Waals surface area contributed by atoms with Crippen LogP contribution in [0.15, 0.2) is 24.3 Å². The van der Waals surface area contributed by atoms with Crippen molar-refractivity contribution in [3.8, 4) is 0 Å². The summed E-state index contributed by atoms with van der Waals surface area (Å²) in [6.07, 6.45) is 1.30. The molecule has 0 saturated heterocycles. The second-order valence-electron chi connectivity index (χ2n) is 4.63. The van der Waals surface area contributed by atoms with E-state index < -0.39 is 9.84 Å². The van der Waals surface area contributed by atoms with Gasteiger partial charge in [-0.15, -0.1) is 0 Å². The lowest BCUT2D eigenvalue weighted by molar-refractivity contribution is 0.597. The lowest BCUT2D eigenvalue weighted by atomic mass is 10.1. The van der Waals surface area contributed by atoms with Crippen LogP contribution in [0.5, 0.6) is 0 Å². The highest BCUT2D eigenvalue weighted by Crippen LogP contribution is 2.51. The quantitative estimate of drug-likeness (QED) is 0.858. The van der Waals surface area contributed by atoms with E-state index in [9.17, 15) is 8.42 Å². The zero-order valence-electron chi connectivity index (χ0n) is 9.55. The maximum atomic E-state index is 11.6. The molecule has 1 saturated carbocycles. The van der Waals surface area contributed by atoms with E-state index in [0.717, 1.165) is 5.56 Å². The van der Waals surface area contributed by atoms with Crippen LogP contribution in [0.25, 0.3) is 0 Å². The number of benzene rings is 1. The first-order chi connectivity index (χ1) is 7.45. The molecule has 1 fully saturated rings. The molecule has 0 aromatic heterocycles. The molecule has 0 bridgehead atoms. The summed E-state index contributed by atoms with van der Waals surface area (Å²) in [7, 11) is -2.98. The zero-order chi connectivity index (χ0) is 11.9. The Morgan fingerprint density at radius 3 is 2.19 bits per heavy atom. The number of aryl methyl sites for hydroxylation is 1. The Kier molecular flexibility index (Phi) is 2.80. The summed E-state index contributed by atoms with van der Waals surface area (Å²) in [5, 5.41) is -0.278. The maximum absolute atomic E-state index is 11.6. The third kappa shape index (κ3) is 1.99. The first-order valence-corrected chi connectivity index (χ1v) is 7.36. The van der Waals surface area contributed by atoms with Gasteiger partial charge in [-0.3, -0.25) is 0 Å². The molecule has 1 aliphatic carbocycles. The Labute approximate surface area is 96.6 Å². The smallest absolute Gasteiger partial charge is 0.151 e. The molecule has 0 radical (unpaired) electrons. The number of hydrogen-bond donors (Lipinski definition) is 1. The van der Waals surface area contributed by atoms with Gasteiger partial charge in [0.25, 0.3) is 0 Å². The highest BCUT2D eigenvalue weighted by atomic mass is 32.2. The molecule has 2 rings (SSSR count). The van der Waals surface area contributed by atoms with Crippen LogP contribution < -0.4 is 5.73 Å². The van der Waals surface area contributed by atoms with Crippen molar-refractivity contribution in [2.24, 2.45) is 11.7 Å². The van der Waals surface area contributed by atoms with Crippen LogP contribution in [-0.4, -0.2) is 26.5 Å². The SMILES string of the molecule is Cc1ccc([C@@H]2[C@H](CN)[C@H]2S(C)(=O)=O)cc1. The summed E-state index contributed by atoms with van der Waals surface area (Å²) in [5.74, 6) is 0.193. The van der Waals surface area contributed by atoms with Gasteiger partial charge in [-0.1, -0.05) is 29.8 Å². The molecule has 0 aliphatic heterocycles. The Morgan fingerprint density at radius 2 is 1.81 bits per heavy atom. The first kappa shape index (κ1) is 11.6. The fourth-order valence-corrected chi connectivity index (χ4v) is 4.15. The molecule has 0 spiro atoms. The van der Waals surface area contributed by atoms with Crippen molar-refractivity contribution >= 4 is 9.84 Å². The van der Waals surface area contributed by atoms with Crippen molar-refractivity contribution in [2.75, 3.05) is 12.8 Å². The van der Waals surface area contributed by atoms with Gasteiger partial charge in [0.1, 0.15) is 0 Å². The Balaban J connectivity index is 2.27. The van der Waals surface area contributed by atoms with Gasteiger partial charge < -0.3 is 5.73 Å². The third-order valence-electron chi connectivity index (χ3n) is 3.33. The van der Waals surface area contributed by atoms with Crippen molar-refractivity contribution in [1.82, 2.24) is 0 Å². The van der Waals surface area contributed by atoms with E-state index in [1.165, 1.54) is 11.8 Å². The molecule has 1 aliphatic rings. The zero-order valence-corrected chi connectivity index (χ0v) is 10.4. The summed E-state index contributed by atoms with van der Waals surface area (Å²) in [6.45, 7) is 2.46. The molecule has 4 heteroatoms. The molecular formula is C12H17NO2S. The summed E-state index contributed by atoms with van der Waals surface area (Å²) in [5.41, 5.74) is 7.89. The number of rotatable bonds is 3. The van der Waals surface area contributed by atoms with E-state index in [2.05, 4.69) is 0 Å². The lowest BCUT2D eigenvalue weighted by Crippen LogP contribution is -2.11.